The van der Waals surface area contributed by atoms with E-state index in [2.05, 4.69) is 26.2 Å². The summed E-state index contributed by atoms with van der Waals surface area (Å²) in [5.41, 5.74) is 0.612. The molecule has 0 spiro atoms. The van der Waals surface area contributed by atoms with Gasteiger partial charge in [0.25, 0.3) is 5.91 Å². The number of anilines is 1. The Hall–Kier alpha value is -1.14. The number of hydrogen-bond donors (Lipinski definition) is 1. The summed E-state index contributed by atoms with van der Waals surface area (Å²) >= 11 is 3.39. The van der Waals surface area contributed by atoms with Crippen molar-refractivity contribution < 1.29 is 9.53 Å². The molecule has 1 aliphatic heterocycles. The number of carbonyl (C=O) groups is 1. The lowest BCUT2D eigenvalue weighted by molar-refractivity contribution is 0.0497. The molecule has 0 unspecified atom stereocenters. The fourth-order valence-corrected chi connectivity index (χ4v) is 2.85. The minimum atomic E-state index is 0.00578. The van der Waals surface area contributed by atoms with Gasteiger partial charge in [-0.25, -0.2) is 4.98 Å². The highest BCUT2D eigenvalue weighted by Gasteiger charge is 2.21. The maximum Gasteiger partial charge on any atom is 0.257 e. The fourth-order valence-electron chi connectivity index (χ4n) is 2.52. The van der Waals surface area contributed by atoms with Crippen LogP contribution in [0.2, 0.25) is 0 Å². The molecule has 2 heterocycles. The molecule has 0 bridgehead atoms. The first-order valence-corrected chi connectivity index (χ1v) is 8.13. The molecule has 6 heteroatoms. The van der Waals surface area contributed by atoms with Gasteiger partial charge in [-0.05, 0) is 47.7 Å². The number of amides is 1. The van der Waals surface area contributed by atoms with Crippen molar-refractivity contribution in [3.05, 3.63) is 22.3 Å². The zero-order chi connectivity index (χ0) is 15.2. The summed E-state index contributed by atoms with van der Waals surface area (Å²) in [5.74, 6) is 1.17. The quantitative estimate of drug-likeness (QED) is 0.882. The van der Waals surface area contributed by atoms with Crippen LogP contribution < -0.4 is 5.32 Å². The molecule has 1 fully saturated rings. The van der Waals surface area contributed by atoms with Crippen LogP contribution in [0.25, 0.3) is 0 Å². The molecule has 0 aliphatic carbocycles. The Morgan fingerprint density at radius 2 is 2.24 bits per heavy atom. The van der Waals surface area contributed by atoms with Crippen molar-refractivity contribution in [2.75, 3.05) is 38.7 Å². The van der Waals surface area contributed by atoms with Crippen molar-refractivity contribution in [3.8, 4) is 0 Å². The van der Waals surface area contributed by atoms with Crippen molar-refractivity contribution in [1.29, 1.82) is 0 Å². The van der Waals surface area contributed by atoms with Gasteiger partial charge >= 0.3 is 0 Å². The van der Waals surface area contributed by atoms with Gasteiger partial charge in [0, 0.05) is 44.0 Å². The first kappa shape index (κ1) is 16.2. The lowest BCUT2D eigenvalue weighted by Gasteiger charge is -2.27. The number of nitrogens with one attached hydrogen (secondary N) is 1. The van der Waals surface area contributed by atoms with Crippen LogP contribution in [0.4, 0.5) is 5.82 Å². The van der Waals surface area contributed by atoms with E-state index in [4.69, 9.17) is 4.74 Å². The number of hydrogen-bond acceptors (Lipinski definition) is 4. The number of halogens is 1. The summed E-state index contributed by atoms with van der Waals surface area (Å²) in [6.07, 6.45) is 3.75. The van der Waals surface area contributed by atoms with Crippen molar-refractivity contribution in [2.45, 2.75) is 19.8 Å². The monoisotopic (exact) mass is 355 g/mol. The normalized spacial score (nSPS) is 15.8. The van der Waals surface area contributed by atoms with Gasteiger partial charge in [0.1, 0.15) is 5.82 Å². The molecular formula is C15H22BrN3O2. The first-order chi connectivity index (χ1) is 10.1. The van der Waals surface area contributed by atoms with Crippen LogP contribution in [0.15, 0.2) is 16.7 Å². The molecule has 0 radical (unpaired) electrons. The summed E-state index contributed by atoms with van der Waals surface area (Å²) < 4.78 is 6.18. The molecule has 1 saturated heterocycles. The van der Waals surface area contributed by atoms with Crippen LogP contribution in [0.3, 0.4) is 0 Å². The highest BCUT2D eigenvalue weighted by Crippen LogP contribution is 2.21. The average molecular weight is 356 g/mol. The number of pyridine rings is 1. The van der Waals surface area contributed by atoms with Crippen LogP contribution in [-0.4, -0.2) is 49.1 Å². The van der Waals surface area contributed by atoms with Crippen molar-refractivity contribution in [3.63, 3.8) is 0 Å². The highest BCUT2D eigenvalue weighted by atomic mass is 79.9. The molecule has 1 aromatic heterocycles. The van der Waals surface area contributed by atoms with Gasteiger partial charge in [-0.15, -0.1) is 0 Å². The Bertz CT molecular complexity index is 490. The zero-order valence-corrected chi connectivity index (χ0v) is 14.1. The minimum absolute atomic E-state index is 0.00578. The molecule has 1 aromatic rings. The van der Waals surface area contributed by atoms with E-state index in [0.717, 1.165) is 43.6 Å². The van der Waals surface area contributed by atoms with Gasteiger partial charge in [0.15, 0.2) is 0 Å². The Morgan fingerprint density at radius 3 is 2.90 bits per heavy atom. The van der Waals surface area contributed by atoms with E-state index >= 15 is 0 Å². The van der Waals surface area contributed by atoms with E-state index in [1.165, 1.54) is 0 Å². The van der Waals surface area contributed by atoms with Crippen LogP contribution >= 0.6 is 15.9 Å². The van der Waals surface area contributed by atoms with Crippen molar-refractivity contribution in [2.24, 2.45) is 5.92 Å². The number of nitrogens with zero attached hydrogens (tertiary/aromatic N) is 2. The smallest absolute Gasteiger partial charge is 0.257 e. The van der Waals surface area contributed by atoms with Gasteiger partial charge in [0.2, 0.25) is 0 Å². The Kier molecular flexibility index (Phi) is 5.99. The molecule has 0 aromatic carbocycles. The predicted octanol–water partition coefficient (Wildman–Crippen LogP) is 2.77. The van der Waals surface area contributed by atoms with Gasteiger partial charge in [0.05, 0.1) is 5.56 Å². The molecule has 1 N–H and O–H groups in total. The molecule has 0 saturated carbocycles. The minimum Gasteiger partial charge on any atom is -0.381 e. The maximum atomic E-state index is 12.7. The number of rotatable bonds is 5. The number of carbonyl (C=O) groups excluding carboxylic acids is 1. The molecule has 5 nitrogen and oxygen atoms in total. The SMILES string of the molecule is CCNc1ncc(Br)cc1C(=O)N(C)CC1CCOCC1. The molecule has 21 heavy (non-hydrogen) atoms. The number of ether oxygens (including phenoxy) is 1. The summed E-state index contributed by atoms with van der Waals surface area (Å²) in [6.45, 7) is 5.09. The number of aromatic nitrogens is 1. The molecule has 2 rings (SSSR count). The maximum absolute atomic E-state index is 12.7. The van der Waals surface area contributed by atoms with E-state index < -0.39 is 0 Å². The van der Waals surface area contributed by atoms with E-state index in [0.29, 0.717) is 17.3 Å². The fraction of sp³-hybridized carbons (Fsp3) is 0.600. The lowest BCUT2D eigenvalue weighted by Crippen LogP contribution is -2.34. The topological polar surface area (TPSA) is 54.5 Å². The van der Waals surface area contributed by atoms with E-state index in [9.17, 15) is 4.79 Å². The Morgan fingerprint density at radius 1 is 1.52 bits per heavy atom. The van der Waals surface area contributed by atoms with Gasteiger partial charge in [-0.3, -0.25) is 4.79 Å². The van der Waals surface area contributed by atoms with E-state index in [1.54, 1.807) is 11.1 Å². The molecule has 1 amide bonds. The zero-order valence-electron chi connectivity index (χ0n) is 12.6. The standard InChI is InChI=1S/C15H22BrN3O2/c1-3-17-14-13(8-12(16)9-18-14)15(20)19(2)10-11-4-6-21-7-5-11/h8-9,11H,3-7,10H2,1-2H3,(H,17,18). The molecule has 0 atom stereocenters. The third kappa shape index (κ3) is 4.41. The third-order valence-corrected chi connectivity index (χ3v) is 4.08. The molecular weight excluding hydrogens is 334 g/mol. The largest absolute Gasteiger partial charge is 0.381 e. The lowest BCUT2D eigenvalue weighted by atomic mass is 9.99. The highest BCUT2D eigenvalue weighted by molar-refractivity contribution is 9.10. The second-order valence-electron chi connectivity index (χ2n) is 5.32. The van der Waals surface area contributed by atoms with Crippen LogP contribution in [0.5, 0.6) is 0 Å². The van der Waals surface area contributed by atoms with E-state index in [1.807, 2.05) is 20.0 Å². The average Bonchev–Trinajstić information content (AvgIpc) is 2.49. The van der Waals surface area contributed by atoms with Gasteiger partial charge in [-0.2, -0.15) is 0 Å². The summed E-state index contributed by atoms with van der Waals surface area (Å²) in [6, 6.07) is 1.83. The first-order valence-electron chi connectivity index (χ1n) is 7.34. The summed E-state index contributed by atoms with van der Waals surface area (Å²) in [5, 5.41) is 3.14. The summed E-state index contributed by atoms with van der Waals surface area (Å²) in [4.78, 5) is 18.7. The van der Waals surface area contributed by atoms with Crippen LogP contribution in [0, 0.1) is 5.92 Å². The van der Waals surface area contributed by atoms with Crippen molar-refractivity contribution >= 4 is 27.7 Å². The Labute approximate surface area is 134 Å². The Balaban J connectivity index is 2.08. The second-order valence-corrected chi connectivity index (χ2v) is 6.24. The van der Waals surface area contributed by atoms with Crippen molar-refractivity contribution in [1.82, 2.24) is 9.88 Å². The van der Waals surface area contributed by atoms with E-state index in [-0.39, 0.29) is 5.91 Å². The predicted molar refractivity (Wildman–Crippen MR) is 86.6 cm³/mol. The van der Waals surface area contributed by atoms with Gasteiger partial charge < -0.3 is 15.0 Å². The molecule has 116 valence electrons. The van der Waals surface area contributed by atoms with Crippen LogP contribution in [0.1, 0.15) is 30.1 Å². The summed E-state index contributed by atoms with van der Waals surface area (Å²) in [7, 11) is 1.86. The third-order valence-electron chi connectivity index (χ3n) is 3.65. The van der Waals surface area contributed by atoms with Crippen LogP contribution in [-0.2, 0) is 4.74 Å². The van der Waals surface area contributed by atoms with Gasteiger partial charge in [-0.1, -0.05) is 0 Å². The second kappa shape index (κ2) is 7.75. The molecule has 1 aliphatic rings.